The Morgan fingerprint density at radius 1 is 1.00 bits per heavy atom. The fourth-order valence-corrected chi connectivity index (χ4v) is 4.18. The van der Waals surface area contributed by atoms with Gasteiger partial charge >= 0.3 is 11.9 Å². The predicted molar refractivity (Wildman–Crippen MR) is 104 cm³/mol. The minimum atomic E-state index is -1.60. The molecule has 0 spiro atoms. The number of hydrogen-bond acceptors (Lipinski definition) is 5. The van der Waals surface area contributed by atoms with Crippen LogP contribution in [-0.4, -0.2) is 36.9 Å². The molecule has 1 fully saturated rings. The van der Waals surface area contributed by atoms with Gasteiger partial charge in [0.15, 0.2) is 5.78 Å². The van der Waals surface area contributed by atoms with Crippen molar-refractivity contribution in [1.82, 2.24) is 4.98 Å². The first kappa shape index (κ1) is 20.1. The number of nitrogens with one attached hydrogen (secondary N) is 1. The number of aromatic amines is 1. The summed E-state index contributed by atoms with van der Waals surface area (Å²) in [7, 11) is 2.31. The number of ether oxygens (including phenoxy) is 2. The van der Waals surface area contributed by atoms with Gasteiger partial charge in [0.25, 0.3) is 0 Å². The van der Waals surface area contributed by atoms with Crippen LogP contribution in [-0.2, 0) is 29.3 Å². The number of methoxy groups -OCH3 is 2. The quantitative estimate of drug-likeness (QED) is 0.587. The molecule has 0 bridgehead atoms. The third kappa shape index (κ3) is 3.44. The first-order chi connectivity index (χ1) is 13.4. The molecule has 0 unspecified atom stereocenters. The summed E-state index contributed by atoms with van der Waals surface area (Å²) in [5.41, 5.74) is 1.47. The van der Waals surface area contributed by atoms with Gasteiger partial charge in [0.05, 0.1) is 19.6 Å². The van der Waals surface area contributed by atoms with E-state index in [4.69, 9.17) is 21.1 Å². The molecule has 1 saturated carbocycles. The Labute approximate surface area is 168 Å². The van der Waals surface area contributed by atoms with Crippen LogP contribution in [0.15, 0.2) is 36.5 Å². The van der Waals surface area contributed by atoms with Crippen molar-refractivity contribution >= 4 is 29.3 Å². The predicted octanol–water partition coefficient (Wildman–Crippen LogP) is 3.68. The van der Waals surface area contributed by atoms with Gasteiger partial charge in [-0.1, -0.05) is 36.6 Å². The van der Waals surface area contributed by atoms with Crippen molar-refractivity contribution in [2.24, 2.45) is 5.92 Å². The summed E-state index contributed by atoms with van der Waals surface area (Å²) in [5, 5.41) is 0.615. The Balaban J connectivity index is 2.10. The summed E-state index contributed by atoms with van der Waals surface area (Å²) < 4.78 is 9.44. The minimum absolute atomic E-state index is 0.485. The van der Waals surface area contributed by atoms with Crippen molar-refractivity contribution in [3.8, 4) is 11.1 Å². The zero-order valence-electron chi connectivity index (χ0n) is 15.8. The second-order valence-corrected chi connectivity index (χ2v) is 7.34. The molecule has 0 aliphatic heterocycles. The molecule has 2 aromatic rings. The van der Waals surface area contributed by atoms with Gasteiger partial charge < -0.3 is 14.5 Å². The highest BCUT2D eigenvalue weighted by Gasteiger charge is 2.52. The van der Waals surface area contributed by atoms with E-state index in [1.54, 1.807) is 18.3 Å². The molecule has 0 radical (unpaired) electrons. The maximum absolute atomic E-state index is 13.6. The monoisotopic (exact) mass is 403 g/mol. The van der Waals surface area contributed by atoms with E-state index in [0.29, 0.717) is 23.6 Å². The van der Waals surface area contributed by atoms with Gasteiger partial charge in [0.2, 0.25) is 5.92 Å². The number of carbonyl (C=O) groups excluding carboxylic acids is 3. The molecule has 1 aliphatic carbocycles. The van der Waals surface area contributed by atoms with Crippen LogP contribution in [0.3, 0.4) is 0 Å². The van der Waals surface area contributed by atoms with Crippen molar-refractivity contribution in [3.63, 3.8) is 0 Å². The third-order valence-electron chi connectivity index (χ3n) is 5.45. The van der Waals surface area contributed by atoms with Gasteiger partial charge in [-0.05, 0) is 36.6 Å². The number of benzene rings is 1. The summed E-state index contributed by atoms with van der Waals surface area (Å²) >= 11 is 6.00. The second kappa shape index (κ2) is 8.19. The van der Waals surface area contributed by atoms with Crippen LogP contribution in [0.2, 0.25) is 5.02 Å². The molecule has 1 aliphatic rings. The number of H-pyrrole nitrogens is 1. The maximum atomic E-state index is 13.6. The fraction of sp³-hybridized carbons (Fsp3) is 0.381. The number of ketones is 1. The molecular weight excluding hydrogens is 382 g/mol. The highest BCUT2D eigenvalue weighted by atomic mass is 35.5. The van der Waals surface area contributed by atoms with Crippen molar-refractivity contribution in [1.29, 1.82) is 0 Å². The maximum Gasteiger partial charge on any atom is 0.327 e. The summed E-state index contributed by atoms with van der Waals surface area (Å²) in [6.45, 7) is 0. The van der Waals surface area contributed by atoms with Gasteiger partial charge in [0, 0.05) is 22.5 Å². The molecule has 1 aromatic carbocycles. The van der Waals surface area contributed by atoms with Crippen molar-refractivity contribution in [3.05, 3.63) is 47.2 Å². The van der Waals surface area contributed by atoms with E-state index in [1.165, 1.54) is 0 Å². The number of esters is 2. The number of rotatable bonds is 6. The summed E-state index contributed by atoms with van der Waals surface area (Å²) in [5.74, 6) is -3.89. The van der Waals surface area contributed by atoms with E-state index < -0.39 is 29.1 Å². The number of aromatic nitrogens is 1. The van der Waals surface area contributed by atoms with Gasteiger partial charge in [0.1, 0.15) is 0 Å². The highest BCUT2D eigenvalue weighted by molar-refractivity contribution is 6.30. The van der Waals surface area contributed by atoms with Crippen LogP contribution < -0.4 is 0 Å². The second-order valence-electron chi connectivity index (χ2n) is 6.91. The van der Waals surface area contributed by atoms with Gasteiger partial charge in [-0.15, -0.1) is 0 Å². The lowest BCUT2D eigenvalue weighted by molar-refractivity contribution is -0.163. The smallest absolute Gasteiger partial charge is 0.327 e. The zero-order chi connectivity index (χ0) is 20.3. The number of hydrogen-bond donors (Lipinski definition) is 1. The van der Waals surface area contributed by atoms with Crippen molar-refractivity contribution in [2.45, 2.75) is 31.1 Å². The van der Waals surface area contributed by atoms with E-state index in [0.717, 1.165) is 38.2 Å². The Hall–Kier alpha value is -2.60. The van der Waals surface area contributed by atoms with Crippen LogP contribution in [0, 0.1) is 5.92 Å². The average molecular weight is 404 g/mol. The lowest BCUT2D eigenvalue weighted by Gasteiger charge is -2.30. The van der Waals surface area contributed by atoms with Crippen LogP contribution in [0.5, 0.6) is 0 Å². The van der Waals surface area contributed by atoms with Crippen LogP contribution in [0.4, 0.5) is 0 Å². The lowest BCUT2D eigenvalue weighted by Crippen LogP contribution is -2.45. The first-order valence-corrected chi connectivity index (χ1v) is 9.46. The zero-order valence-corrected chi connectivity index (χ0v) is 16.5. The van der Waals surface area contributed by atoms with Gasteiger partial charge in [-0.25, -0.2) is 0 Å². The van der Waals surface area contributed by atoms with Crippen molar-refractivity contribution in [2.75, 3.05) is 14.2 Å². The van der Waals surface area contributed by atoms with E-state index >= 15 is 0 Å². The third-order valence-corrected chi connectivity index (χ3v) is 5.70. The summed E-state index contributed by atoms with van der Waals surface area (Å²) in [6.07, 6.45) is 4.48. The van der Waals surface area contributed by atoms with E-state index in [9.17, 15) is 14.4 Å². The highest BCUT2D eigenvalue weighted by Crippen LogP contribution is 2.46. The van der Waals surface area contributed by atoms with Gasteiger partial charge in [-0.3, -0.25) is 14.4 Å². The topological polar surface area (TPSA) is 85.5 Å². The minimum Gasteiger partial charge on any atom is -0.468 e. The Morgan fingerprint density at radius 3 is 2.11 bits per heavy atom. The molecule has 7 heteroatoms. The van der Waals surface area contributed by atoms with Crippen molar-refractivity contribution < 1.29 is 23.9 Å². The largest absolute Gasteiger partial charge is 0.468 e. The normalized spacial score (nSPS) is 15.4. The molecule has 0 amide bonds. The van der Waals surface area contributed by atoms with Crippen LogP contribution in [0.25, 0.3) is 11.1 Å². The van der Waals surface area contributed by atoms with E-state index in [-0.39, 0.29) is 0 Å². The standard InChI is InChI=1S/C21H22ClNO5/c1-27-19(25)16(20(26)28-2)18(24)21(10-3-4-11-21)17-15(9-12-23-17)13-5-7-14(22)8-6-13/h5-9,12,16,23H,3-4,10-11H2,1-2H3. The molecule has 148 valence electrons. The molecule has 3 rings (SSSR count). The molecule has 0 atom stereocenters. The number of Topliss-reactive ketones (excluding diaryl/α,β-unsaturated/α-hetero) is 1. The molecule has 1 N–H and O–H groups in total. The first-order valence-electron chi connectivity index (χ1n) is 9.08. The SMILES string of the molecule is COC(=O)C(C(=O)OC)C(=O)C1(c2[nH]ccc2-c2ccc(Cl)cc2)CCCC1. The molecule has 1 heterocycles. The molecule has 6 nitrogen and oxygen atoms in total. The Morgan fingerprint density at radius 2 is 1.57 bits per heavy atom. The Kier molecular flexibility index (Phi) is 5.89. The van der Waals surface area contributed by atoms with E-state index in [2.05, 4.69) is 4.98 Å². The summed E-state index contributed by atoms with van der Waals surface area (Å²) in [4.78, 5) is 41.2. The number of carbonyl (C=O) groups is 3. The van der Waals surface area contributed by atoms with E-state index in [1.807, 2.05) is 18.2 Å². The Bertz CT molecular complexity index is 864. The van der Waals surface area contributed by atoms with Crippen LogP contribution in [0.1, 0.15) is 31.4 Å². The summed E-state index contributed by atoms with van der Waals surface area (Å²) in [6, 6.07) is 9.20. The fourth-order valence-electron chi connectivity index (χ4n) is 4.06. The van der Waals surface area contributed by atoms with Crippen LogP contribution >= 0.6 is 11.6 Å². The molecule has 0 saturated heterocycles. The molecular formula is C21H22ClNO5. The molecule has 28 heavy (non-hydrogen) atoms. The average Bonchev–Trinajstić information content (AvgIpc) is 3.38. The van der Waals surface area contributed by atoms with Gasteiger partial charge in [-0.2, -0.15) is 0 Å². The number of halogens is 1. The lowest BCUT2D eigenvalue weighted by atomic mass is 9.72. The molecule has 1 aromatic heterocycles.